The number of rotatable bonds is 31. The van der Waals surface area contributed by atoms with Crippen molar-refractivity contribution in [1.29, 1.82) is 0 Å². The van der Waals surface area contributed by atoms with Crippen LogP contribution < -0.4 is 0 Å². The predicted octanol–water partition coefficient (Wildman–Crippen LogP) is 9.24. The van der Waals surface area contributed by atoms with Gasteiger partial charge in [0.05, 0.1) is 34.4 Å². The molecule has 8 heteroatoms. The van der Waals surface area contributed by atoms with Gasteiger partial charge < -0.3 is 23.8 Å². The molecule has 0 fully saturated rings. The zero-order valence-corrected chi connectivity index (χ0v) is 31.4. The molecule has 0 rings (SSSR count). The first-order valence-electron chi connectivity index (χ1n) is 18.5. The summed E-state index contributed by atoms with van der Waals surface area (Å²) in [4.78, 5) is 36.7. The quantitative estimate of drug-likeness (QED) is 0.0255. The number of nitrogens with zero attached hydrogens (tertiary/aromatic N) is 1. The molecule has 2 unspecified atom stereocenters. The van der Waals surface area contributed by atoms with E-state index >= 15 is 0 Å². The number of esters is 2. The molecule has 49 heavy (non-hydrogen) atoms. The molecule has 0 aromatic rings. The van der Waals surface area contributed by atoms with Crippen LogP contribution in [0.25, 0.3) is 0 Å². The number of carbonyl (C=O) groups excluding carboxylic acids is 2. The summed E-state index contributed by atoms with van der Waals surface area (Å²) in [6.45, 7) is 4.38. The summed E-state index contributed by atoms with van der Waals surface area (Å²) in [5, 5.41) is 9.57. The fraction of sp³-hybridized carbons (Fsp3) is 0.634. The Hall–Kier alpha value is -3.23. The van der Waals surface area contributed by atoms with Gasteiger partial charge in [-0.25, -0.2) is 4.79 Å². The lowest BCUT2D eigenvalue weighted by atomic mass is 10.1. The van der Waals surface area contributed by atoms with E-state index in [1.54, 1.807) is 0 Å². The van der Waals surface area contributed by atoms with Crippen LogP contribution in [-0.2, 0) is 28.6 Å². The largest absolute Gasteiger partial charge is 0.477 e. The maximum absolute atomic E-state index is 12.6. The number of carboxylic acids is 1. The molecule has 0 amide bonds. The Morgan fingerprint density at radius 3 is 1.86 bits per heavy atom. The highest BCUT2D eigenvalue weighted by molar-refractivity contribution is 5.72. The third-order valence-electron chi connectivity index (χ3n) is 7.66. The highest BCUT2D eigenvalue weighted by atomic mass is 16.6. The van der Waals surface area contributed by atoms with Crippen LogP contribution in [0.1, 0.15) is 117 Å². The van der Waals surface area contributed by atoms with Crippen LogP contribution in [0.3, 0.4) is 0 Å². The van der Waals surface area contributed by atoms with E-state index in [1.165, 1.54) is 0 Å². The fourth-order valence-electron chi connectivity index (χ4n) is 4.81. The standard InChI is InChI=1S/C41H67NO7/c1-6-8-10-12-14-16-18-20-22-24-26-28-30-32-40(44)49-37(35-47-34-33-38(41(45)46)42(3,4)5)36-48-39(43)31-29-27-25-23-21-19-17-15-13-11-9-7-2/h8-12,14-18,21,23,37-38H,6-7,13,19-20,22,24-36H2,1-5H3/p+1/b10-8+,11-9+,14-12+,17-15+,18-16+,23-21+. The van der Waals surface area contributed by atoms with Crippen LogP contribution in [0.5, 0.6) is 0 Å². The van der Waals surface area contributed by atoms with Gasteiger partial charge in [0, 0.05) is 19.3 Å². The van der Waals surface area contributed by atoms with Crippen LogP contribution in [0, 0.1) is 0 Å². The third kappa shape index (κ3) is 30.6. The van der Waals surface area contributed by atoms with E-state index in [0.717, 1.165) is 77.0 Å². The van der Waals surface area contributed by atoms with Gasteiger partial charge in [0.1, 0.15) is 6.61 Å². The molecule has 0 aliphatic rings. The maximum atomic E-state index is 12.6. The van der Waals surface area contributed by atoms with Gasteiger partial charge in [-0.15, -0.1) is 0 Å². The first kappa shape index (κ1) is 45.8. The van der Waals surface area contributed by atoms with E-state index in [4.69, 9.17) is 14.2 Å². The van der Waals surface area contributed by atoms with Gasteiger partial charge in [0.15, 0.2) is 12.1 Å². The average molecular weight is 687 g/mol. The Morgan fingerprint density at radius 2 is 1.18 bits per heavy atom. The average Bonchev–Trinajstić information content (AvgIpc) is 3.05. The number of unbranched alkanes of at least 4 members (excludes halogenated alkanes) is 7. The molecule has 0 aromatic heterocycles. The molecule has 1 N–H and O–H groups in total. The van der Waals surface area contributed by atoms with E-state index in [-0.39, 0.29) is 36.2 Å². The van der Waals surface area contributed by atoms with Crippen molar-refractivity contribution in [3.8, 4) is 0 Å². The summed E-state index contributed by atoms with van der Waals surface area (Å²) >= 11 is 0. The molecule has 8 nitrogen and oxygen atoms in total. The van der Waals surface area contributed by atoms with Crippen molar-refractivity contribution in [1.82, 2.24) is 0 Å². The topological polar surface area (TPSA) is 99.1 Å². The molecule has 0 aliphatic heterocycles. The maximum Gasteiger partial charge on any atom is 0.362 e. The lowest BCUT2D eigenvalue weighted by Gasteiger charge is -2.31. The molecule has 0 aromatic carbocycles. The van der Waals surface area contributed by atoms with Gasteiger partial charge >= 0.3 is 17.9 Å². The van der Waals surface area contributed by atoms with Crippen molar-refractivity contribution in [2.24, 2.45) is 0 Å². The van der Waals surface area contributed by atoms with E-state index in [9.17, 15) is 19.5 Å². The smallest absolute Gasteiger partial charge is 0.362 e. The minimum atomic E-state index is -0.889. The van der Waals surface area contributed by atoms with Crippen LogP contribution >= 0.6 is 0 Å². The Morgan fingerprint density at radius 1 is 0.633 bits per heavy atom. The van der Waals surface area contributed by atoms with Crippen LogP contribution in [0.15, 0.2) is 72.9 Å². The lowest BCUT2D eigenvalue weighted by Crippen LogP contribution is -2.50. The van der Waals surface area contributed by atoms with E-state index in [0.29, 0.717) is 25.7 Å². The molecule has 0 bridgehead atoms. The summed E-state index contributed by atoms with van der Waals surface area (Å²) in [5.41, 5.74) is 0. The monoisotopic (exact) mass is 686 g/mol. The van der Waals surface area contributed by atoms with Crippen molar-refractivity contribution >= 4 is 17.9 Å². The number of carbonyl (C=O) groups is 3. The molecule has 0 heterocycles. The van der Waals surface area contributed by atoms with Crippen LogP contribution in [-0.4, -0.2) is 80.6 Å². The van der Waals surface area contributed by atoms with Gasteiger partial charge in [-0.2, -0.15) is 0 Å². The number of hydrogen-bond acceptors (Lipinski definition) is 6. The second-order valence-corrected chi connectivity index (χ2v) is 13.1. The SMILES string of the molecule is CC/C=C/C=C/C=C/CCCCCCCC(=O)OC(COCCC(C(=O)O)[N+](C)(C)C)COC(=O)CCCC/C=C/C/C=C/C/C=C/CC. The molecule has 0 saturated heterocycles. The van der Waals surface area contributed by atoms with E-state index in [2.05, 4.69) is 74.6 Å². The molecule has 0 saturated carbocycles. The molecule has 0 radical (unpaired) electrons. The molecule has 278 valence electrons. The Bertz CT molecular complexity index is 1030. The first-order chi connectivity index (χ1) is 23.6. The number of likely N-dealkylation sites (N-methyl/N-ethyl adjacent to an activating group) is 1. The van der Waals surface area contributed by atoms with Crippen LogP contribution in [0.4, 0.5) is 0 Å². The first-order valence-corrected chi connectivity index (χ1v) is 18.5. The van der Waals surface area contributed by atoms with Crippen molar-refractivity contribution in [3.05, 3.63) is 72.9 Å². The van der Waals surface area contributed by atoms with Gasteiger partial charge in [-0.1, -0.05) is 106 Å². The third-order valence-corrected chi connectivity index (χ3v) is 7.66. The van der Waals surface area contributed by atoms with Gasteiger partial charge in [-0.05, 0) is 64.2 Å². The number of hydrogen-bond donors (Lipinski definition) is 1. The summed E-state index contributed by atoms with van der Waals surface area (Å²) in [7, 11) is 5.48. The summed E-state index contributed by atoms with van der Waals surface area (Å²) in [5.74, 6) is -1.56. The van der Waals surface area contributed by atoms with Crippen molar-refractivity contribution in [3.63, 3.8) is 0 Å². The number of quaternary nitrogens is 1. The Kier molecular flexibility index (Phi) is 29.9. The molecule has 0 aliphatic carbocycles. The van der Waals surface area contributed by atoms with E-state index in [1.807, 2.05) is 33.3 Å². The fourth-order valence-corrected chi connectivity index (χ4v) is 4.81. The minimum Gasteiger partial charge on any atom is -0.477 e. The zero-order chi connectivity index (χ0) is 36.4. The number of carboxylic acid groups (broad SMARTS) is 1. The predicted molar refractivity (Wildman–Crippen MR) is 201 cm³/mol. The van der Waals surface area contributed by atoms with Gasteiger partial charge in [0.2, 0.25) is 0 Å². The number of ether oxygens (including phenoxy) is 3. The molecule has 2 atom stereocenters. The summed E-state index contributed by atoms with van der Waals surface area (Å²) in [6, 6.07) is -0.626. The molecular weight excluding hydrogens is 618 g/mol. The minimum absolute atomic E-state index is 0.0359. The molecular formula is C41H68NO7+. The second kappa shape index (κ2) is 32.0. The highest BCUT2D eigenvalue weighted by Gasteiger charge is 2.31. The van der Waals surface area contributed by atoms with Crippen molar-refractivity contribution in [2.75, 3.05) is 41.0 Å². The van der Waals surface area contributed by atoms with Gasteiger partial charge in [0.25, 0.3) is 0 Å². The summed E-state index contributed by atoms with van der Waals surface area (Å²) in [6.07, 6.45) is 38.1. The normalized spacial score (nSPS) is 13.9. The lowest BCUT2D eigenvalue weighted by molar-refractivity contribution is -0.887. The Balaban J connectivity index is 4.55. The summed E-state index contributed by atoms with van der Waals surface area (Å²) < 4.78 is 17.1. The van der Waals surface area contributed by atoms with Crippen molar-refractivity contribution < 1.29 is 38.2 Å². The second-order valence-electron chi connectivity index (χ2n) is 13.1. The van der Waals surface area contributed by atoms with Crippen molar-refractivity contribution in [2.45, 2.75) is 129 Å². The highest BCUT2D eigenvalue weighted by Crippen LogP contribution is 2.12. The zero-order valence-electron chi connectivity index (χ0n) is 31.4. The number of allylic oxidation sites excluding steroid dienone is 12. The number of aliphatic carboxylic acids is 1. The molecule has 0 spiro atoms. The Labute approximate surface area is 298 Å². The van der Waals surface area contributed by atoms with Gasteiger partial charge in [-0.3, -0.25) is 9.59 Å². The van der Waals surface area contributed by atoms with E-state index < -0.39 is 18.1 Å². The van der Waals surface area contributed by atoms with Crippen LogP contribution in [0.2, 0.25) is 0 Å².